The molecule has 3 aliphatic heterocycles. The second kappa shape index (κ2) is 19.5. The van der Waals surface area contributed by atoms with Gasteiger partial charge >= 0.3 is 0 Å². The van der Waals surface area contributed by atoms with Crippen LogP contribution in [0.15, 0.2) is 73.4 Å². The molecule has 0 bridgehead atoms. The third-order valence-corrected chi connectivity index (χ3v) is 13.2. The van der Waals surface area contributed by atoms with Crippen LogP contribution in [0.1, 0.15) is 89.2 Å². The summed E-state index contributed by atoms with van der Waals surface area (Å²) in [7, 11) is -7.55. The first kappa shape index (κ1) is 42.5. The summed E-state index contributed by atoms with van der Waals surface area (Å²) in [6.07, 6.45) is 13.8. The molecular weight excluding hydrogens is 745 g/mol. The molecule has 2 spiro atoms. The number of hydrogen-bond donors (Lipinski definition) is 5. The van der Waals surface area contributed by atoms with Crippen LogP contribution in [0.4, 0.5) is 0 Å². The smallest absolute Gasteiger partial charge is 0.264 e. The van der Waals surface area contributed by atoms with Crippen LogP contribution in [0, 0.1) is 10.8 Å². The molecule has 2 aromatic carbocycles. The number of nitrogens with zero attached hydrogens (tertiary/aromatic N) is 5. The van der Waals surface area contributed by atoms with E-state index in [-0.39, 0.29) is 39.8 Å². The molecule has 0 aromatic heterocycles. The number of guanidine groups is 2. The summed E-state index contributed by atoms with van der Waals surface area (Å²) in [5.41, 5.74) is 4.69. The molecule has 2 saturated carbocycles. The van der Waals surface area contributed by atoms with E-state index in [0.29, 0.717) is 36.7 Å². The zero-order valence-electron chi connectivity index (χ0n) is 32.1. The summed E-state index contributed by atoms with van der Waals surface area (Å²) in [5, 5.41) is 26.3. The van der Waals surface area contributed by atoms with E-state index < -0.39 is 20.0 Å². The lowest BCUT2D eigenvalue weighted by Gasteiger charge is -2.24. The first-order valence-electron chi connectivity index (χ1n) is 19.4. The summed E-state index contributed by atoms with van der Waals surface area (Å²) < 4.78 is 61.0. The number of rotatable bonds is 8. The number of hydrazine groups is 1. The van der Waals surface area contributed by atoms with Crippen molar-refractivity contribution >= 4 is 38.2 Å². The Morgan fingerprint density at radius 1 is 0.782 bits per heavy atom. The number of nitrogens with one attached hydrogen (secondary N) is 3. The number of sulfonamides is 2. The van der Waals surface area contributed by atoms with Gasteiger partial charge in [-0.2, -0.15) is 5.10 Å². The predicted octanol–water partition coefficient (Wildman–Crippen LogP) is 3.71. The zero-order valence-corrected chi connectivity index (χ0v) is 33.8. The molecule has 4 fully saturated rings. The fraction of sp³-hybridized carbons (Fsp3) is 0.605. The maximum absolute atomic E-state index is 12.7. The summed E-state index contributed by atoms with van der Waals surface area (Å²) in [4.78, 5) is 8.88. The number of ether oxygens (including phenoxy) is 1. The molecule has 17 heteroatoms. The number of hydrogen-bond acceptors (Lipinski definition) is 11. The first-order chi connectivity index (χ1) is 26.5. The lowest BCUT2D eigenvalue weighted by Crippen LogP contribution is -2.47. The van der Waals surface area contributed by atoms with Crippen molar-refractivity contribution in [2.75, 3.05) is 45.9 Å². The topological polar surface area (TPSA) is 198 Å². The monoisotopic (exact) mass is 802 g/mol. The van der Waals surface area contributed by atoms with Gasteiger partial charge in [0.15, 0.2) is 0 Å². The van der Waals surface area contributed by atoms with Gasteiger partial charge in [0.05, 0.1) is 29.5 Å². The Hall–Kier alpha value is -3.61. The van der Waals surface area contributed by atoms with Crippen LogP contribution in [0.2, 0.25) is 0 Å². The minimum absolute atomic E-state index is 0.0523. The van der Waals surface area contributed by atoms with Gasteiger partial charge in [-0.25, -0.2) is 36.7 Å². The molecule has 0 radical (unpaired) electrons. The van der Waals surface area contributed by atoms with Crippen LogP contribution < -0.4 is 14.9 Å². The van der Waals surface area contributed by atoms with Gasteiger partial charge < -0.3 is 14.9 Å². The molecule has 7 rings (SSSR count). The Morgan fingerprint density at radius 2 is 1.31 bits per heavy atom. The van der Waals surface area contributed by atoms with E-state index in [1.165, 1.54) is 75.6 Å². The molecule has 304 valence electrons. The van der Waals surface area contributed by atoms with Gasteiger partial charge in [-0.05, 0) is 87.8 Å². The van der Waals surface area contributed by atoms with E-state index in [1.54, 1.807) is 29.3 Å². The average molecular weight is 803 g/mol. The van der Waals surface area contributed by atoms with Crippen molar-refractivity contribution < 1.29 is 31.8 Å². The van der Waals surface area contributed by atoms with Crippen LogP contribution in [0.25, 0.3) is 0 Å². The molecule has 5 N–H and O–H groups in total. The third-order valence-electron chi connectivity index (χ3n) is 10.5. The molecule has 5 aliphatic rings. The van der Waals surface area contributed by atoms with Gasteiger partial charge in [0.2, 0.25) is 11.9 Å². The molecule has 2 aliphatic carbocycles. The predicted molar refractivity (Wildman–Crippen MR) is 213 cm³/mol. The number of hydrazone groups is 1. The molecule has 0 atom stereocenters. The highest BCUT2D eigenvalue weighted by Gasteiger charge is 2.42. The molecular formula is C38H58N8O7S2. The molecule has 3 heterocycles. The second-order valence-corrected chi connectivity index (χ2v) is 18.1. The molecule has 2 saturated heterocycles. The third kappa shape index (κ3) is 11.5. The van der Waals surface area contributed by atoms with E-state index >= 15 is 0 Å². The Bertz CT molecular complexity index is 1860. The van der Waals surface area contributed by atoms with Gasteiger partial charge in [-0.1, -0.05) is 49.9 Å². The van der Waals surface area contributed by atoms with Gasteiger partial charge in [0.25, 0.3) is 20.0 Å². The molecule has 55 heavy (non-hydrogen) atoms. The Kier molecular flexibility index (Phi) is 15.1. The SMILES string of the molecule is C1CCOC1.CCN=C(NS(=O)(=O)c1cccc(CO)c1)N1CC2(C=N1)CCCC2.CCN=C(NS(=O)(=O)c1cccc(CO)c1)N1CC2(CCCC2)CN1. The largest absolute Gasteiger partial charge is 0.392 e. The fourth-order valence-corrected chi connectivity index (χ4v) is 9.71. The average Bonchev–Trinajstić information content (AvgIpc) is 4.06. The summed E-state index contributed by atoms with van der Waals surface area (Å²) in [6, 6.07) is 12.5. The molecule has 2 aromatic rings. The summed E-state index contributed by atoms with van der Waals surface area (Å²) >= 11 is 0. The minimum atomic E-state index is -3.79. The van der Waals surface area contributed by atoms with Crippen molar-refractivity contribution in [1.29, 1.82) is 0 Å². The molecule has 0 amide bonds. The standard InChI is InChI=1S/C17H26N4O3S.C17H24N4O3S.C4H8O/c2*1-2-18-16(21-13-17(12-19-21)8-3-4-9-17)20-25(23,24)15-7-5-6-14(10-15)11-22;1-2-4-5-3-1/h5-7,10,19,22H,2-4,8-9,11-13H2,1H3,(H,18,20);5-7,10,12,22H,2-4,8-9,11,13H2,1H3,(H,18,20);1-4H2. The zero-order chi connectivity index (χ0) is 39.4. The Labute approximate surface area is 326 Å². The van der Waals surface area contributed by atoms with Gasteiger partial charge in [-0.15, -0.1) is 0 Å². The van der Waals surface area contributed by atoms with Crippen molar-refractivity contribution in [3.8, 4) is 0 Å². The van der Waals surface area contributed by atoms with Crippen LogP contribution in [-0.4, -0.2) is 101 Å². The quantitative estimate of drug-likeness (QED) is 0.194. The van der Waals surface area contributed by atoms with Crippen LogP contribution in [0.5, 0.6) is 0 Å². The number of aliphatic hydroxyl groups excluding tert-OH is 2. The number of benzene rings is 2. The van der Waals surface area contributed by atoms with Crippen molar-refractivity contribution in [2.45, 2.75) is 101 Å². The van der Waals surface area contributed by atoms with E-state index in [2.05, 4.69) is 30.0 Å². The highest BCUT2D eigenvalue weighted by Crippen LogP contribution is 2.41. The van der Waals surface area contributed by atoms with Crippen LogP contribution in [-0.2, 0) is 38.0 Å². The second-order valence-electron chi connectivity index (χ2n) is 14.7. The van der Waals surface area contributed by atoms with Crippen molar-refractivity contribution in [2.24, 2.45) is 25.9 Å². The highest BCUT2D eigenvalue weighted by molar-refractivity contribution is 7.90. The highest BCUT2D eigenvalue weighted by atomic mass is 32.2. The molecule has 0 unspecified atom stereocenters. The first-order valence-corrected chi connectivity index (χ1v) is 22.4. The Morgan fingerprint density at radius 3 is 1.82 bits per heavy atom. The lowest BCUT2D eigenvalue weighted by atomic mass is 9.88. The van der Waals surface area contributed by atoms with Crippen molar-refractivity contribution in [1.82, 2.24) is 24.9 Å². The van der Waals surface area contributed by atoms with E-state index in [9.17, 15) is 27.0 Å². The summed E-state index contributed by atoms with van der Waals surface area (Å²) in [5.74, 6) is 0.581. The van der Waals surface area contributed by atoms with Gasteiger partial charge in [-0.3, -0.25) is 15.0 Å². The fourth-order valence-electron chi connectivity index (χ4n) is 7.52. The van der Waals surface area contributed by atoms with Gasteiger partial charge in [0, 0.05) is 56.4 Å². The normalized spacial score (nSPS) is 20.4. The number of aliphatic hydroxyl groups is 2. The number of aliphatic imine (C=N–C) groups is 2. The van der Waals surface area contributed by atoms with E-state index in [0.717, 1.165) is 39.1 Å². The van der Waals surface area contributed by atoms with Crippen LogP contribution in [0.3, 0.4) is 0 Å². The van der Waals surface area contributed by atoms with E-state index in [1.807, 2.05) is 25.1 Å². The summed E-state index contributed by atoms with van der Waals surface area (Å²) in [6.45, 7) is 8.54. The van der Waals surface area contributed by atoms with Crippen molar-refractivity contribution in [3.05, 3.63) is 59.7 Å². The van der Waals surface area contributed by atoms with Crippen LogP contribution >= 0.6 is 0 Å². The van der Waals surface area contributed by atoms with E-state index in [4.69, 9.17) is 4.74 Å². The van der Waals surface area contributed by atoms with Crippen molar-refractivity contribution in [3.63, 3.8) is 0 Å². The van der Waals surface area contributed by atoms with Gasteiger partial charge in [0.1, 0.15) is 0 Å². The lowest BCUT2D eigenvalue weighted by molar-refractivity contribution is 0.198. The Balaban J connectivity index is 0.000000187. The molecule has 15 nitrogen and oxygen atoms in total. The maximum atomic E-state index is 12.7. The maximum Gasteiger partial charge on any atom is 0.264 e. The minimum Gasteiger partial charge on any atom is -0.392 e.